The predicted octanol–water partition coefficient (Wildman–Crippen LogP) is 3.05. The Morgan fingerprint density at radius 3 is 2.57 bits per heavy atom. The first kappa shape index (κ1) is 12.6. The van der Waals surface area contributed by atoms with Gasteiger partial charge in [-0.2, -0.15) is 4.98 Å². The SMILES string of the molecule is O=c1[nH]c(C2CC3CCC2C3)nc(O)c1-c1ccccc1. The molecule has 2 bridgehead atoms. The minimum absolute atomic E-state index is 0.150. The quantitative estimate of drug-likeness (QED) is 0.889. The number of hydrogen-bond donors (Lipinski definition) is 2. The lowest BCUT2D eigenvalue weighted by Crippen LogP contribution is -2.19. The highest BCUT2D eigenvalue weighted by Crippen LogP contribution is 2.52. The van der Waals surface area contributed by atoms with Crippen LogP contribution in [0.15, 0.2) is 35.1 Å². The molecule has 108 valence electrons. The van der Waals surface area contributed by atoms with Crippen LogP contribution < -0.4 is 5.56 Å². The minimum Gasteiger partial charge on any atom is -0.493 e. The maximum absolute atomic E-state index is 12.4. The fourth-order valence-electron chi connectivity index (χ4n) is 4.10. The number of rotatable bonds is 2. The molecule has 2 fully saturated rings. The van der Waals surface area contributed by atoms with E-state index in [-0.39, 0.29) is 17.0 Å². The summed E-state index contributed by atoms with van der Waals surface area (Å²) in [5.41, 5.74) is 0.720. The number of nitrogens with one attached hydrogen (secondary N) is 1. The van der Waals surface area contributed by atoms with Gasteiger partial charge in [-0.1, -0.05) is 36.8 Å². The lowest BCUT2D eigenvalue weighted by atomic mass is 9.88. The van der Waals surface area contributed by atoms with Crippen molar-refractivity contribution in [3.8, 4) is 17.0 Å². The van der Waals surface area contributed by atoms with Gasteiger partial charge in [0.15, 0.2) is 0 Å². The van der Waals surface area contributed by atoms with Crippen molar-refractivity contribution < 1.29 is 5.11 Å². The third-order valence-corrected chi connectivity index (χ3v) is 5.07. The van der Waals surface area contributed by atoms with E-state index >= 15 is 0 Å². The third kappa shape index (κ3) is 2.06. The number of aromatic nitrogens is 2. The van der Waals surface area contributed by atoms with Crippen LogP contribution in [0.25, 0.3) is 11.1 Å². The molecule has 0 saturated heterocycles. The number of fused-ring (bicyclic) bond motifs is 2. The Hall–Kier alpha value is -2.10. The van der Waals surface area contributed by atoms with Gasteiger partial charge in [-0.15, -0.1) is 0 Å². The second-order valence-corrected chi connectivity index (χ2v) is 6.30. The van der Waals surface area contributed by atoms with Crippen molar-refractivity contribution in [2.24, 2.45) is 11.8 Å². The number of nitrogens with zero attached hydrogens (tertiary/aromatic N) is 1. The van der Waals surface area contributed by atoms with E-state index in [0.29, 0.717) is 23.2 Å². The summed E-state index contributed by atoms with van der Waals surface area (Å²) in [6.07, 6.45) is 4.87. The van der Waals surface area contributed by atoms with Crippen LogP contribution in [0.5, 0.6) is 5.88 Å². The fourth-order valence-corrected chi connectivity index (χ4v) is 4.10. The summed E-state index contributed by atoms with van der Waals surface area (Å²) in [5, 5.41) is 10.2. The van der Waals surface area contributed by atoms with E-state index in [2.05, 4.69) is 9.97 Å². The zero-order valence-electron chi connectivity index (χ0n) is 11.7. The monoisotopic (exact) mass is 282 g/mol. The highest BCUT2D eigenvalue weighted by molar-refractivity contribution is 5.66. The molecule has 0 aliphatic heterocycles. The lowest BCUT2D eigenvalue weighted by molar-refractivity contribution is 0.392. The molecule has 4 nitrogen and oxygen atoms in total. The first-order chi connectivity index (χ1) is 10.2. The molecule has 2 aliphatic carbocycles. The fraction of sp³-hybridized carbons (Fsp3) is 0.412. The van der Waals surface area contributed by atoms with E-state index in [9.17, 15) is 9.90 Å². The van der Waals surface area contributed by atoms with Crippen LogP contribution in [0, 0.1) is 11.8 Å². The Morgan fingerprint density at radius 1 is 1.14 bits per heavy atom. The second kappa shape index (κ2) is 4.72. The molecule has 2 aromatic rings. The summed E-state index contributed by atoms with van der Waals surface area (Å²) in [6, 6.07) is 9.19. The zero-order valence-corrected chi connectivity index (χ0v) is 11.7. The Labute approximate surface area is 122 Å². The number of hydrogen-bond acceptors (Lipinski definition) is 3. The Balaban J connectivity index is 1.75. The van der Waals surface area contributed by atoms with Crippen molar-refractivity contribution >= 4 is 0 Å². The summed E-state index contributed by atoms with van der Waals surface area (Å²) in [6.45, 7) is 0. The molecule has 1 aromatic heterocycles. The summed E-state index contributed by atoms with van der Waals surface area (Å²) in [7, 11) is 0. The maximum Gasteiger partial charge on any atom is 0.262 e. The van der Waals surface area contributed by atoms with Gasteiger partial charge in [0.05, 0.1) is 0 Å². The van der Waals surface area contributed by atoms with Crippen molar-refractivity contribution in [2.45, 2.75) is 31.6 Å². The Morgan fingerprint density at radius 2 is 1.95 bits per heavy atom. The van der Waals surface area contributed by atoms with E-state index < -0.39 is 0 Å². The van der Waals surface area contributed by atoms with Crippen LogP contribution >= 0.6 is 0 Å². The largest absolute Gasteiger partial charge is 0.493 e. The van der Waals surface area contributed by atoms with Gasteiger partial charge >= 0.3 is 0 Å². The first-order valence-electron chi connectivity index (χ1n) is 7.61. The van der Waals surface area contributed by atoms with Gasteiger partial charge in [0.1, 0.15) is 11.4 Å². The maximum atomic E-state index is 12.4. The van der Waals surface area contributed by atoms with Crippen LogP contribution in [-0.2, 0) is 0 Å². The Bertz CT molecular complexity index is 723. The number of H-pyrrole nitrogens is 1. The van der Waals surface area contributed by atoms with E-state index in [4.69, 9.17) is 0 Å². The smallest absolute Gasteiger partial charge is 0.262 e. The van der Waals surface area contributed by atoms with Gasteiger partial charge in [0, 0.05) is 5.92 Å². The highest BCUT2D eigenvalue weighted by Gasteiger charge is 2.41. The topological polar surface area (TPSA) is 66.0 Å². The van der Waals surface area contributed by atoms with E-state index in [1.165, 1.54) is 19.3 Å². The van der Waals surface area contributed by atoms with Crippen molar-refractivity contribution in [1.82, 2.24) is 9.97 Å². The molecule has 3 unspecified atom stereocenters. The van der Waals surface area contributed by atoms with Crippen molar-refractivity contribution in [1.29, 1.82) is 0 Å². The predicted molar refractivity (Wildman–Crippen MR) is 80.1 cm³/mol. The Kier molecular flexibility index (Phi) is 2.84. The standard InChI is InChI=1S/C17H18N2O2/c20-16-14(11-4-2-1-3-5-11)17(21)19-15(18-16)13-9-10-6-7-12(13)8-10/h1-5,10,12-13H,6-9H2,(H2,18,19,20,21). The number of aromatic amines is 1. The van der Waals surface area contributed by atoms with Crippen LogP contribution in [0.4, 0.5) is 0 Å². The summed E-state index contributed by atoms with van der Waals surface area (Å²) in [4.78, 5) is 19.6. The molecule has 1 aromatic carbocycles. The molecule has 2 aliphatic rings. The third-order valence-electron chi connectivity index (χ3n) is 5.07. The number of aromatic hydroxyl groups is 1. The van der Waals surface area contributed by atoms with E-state index in [1.807, 2.05) is 30.3 Å². The molecule has 2 N–H and O–H groups in total. The molecule has 0 amide bonds. The second-order valence-electron chi connectivity index (χ2n) is 6.30. The molecular weight excluding hydrogens is 264 g/mol. The van der Waals surface area contributed by atoms with Crippen LogP contribution in [0.3, 0.4) is 0 Å². The average Bonchev–Trinajstić information content (AvgIpc) is 3.10. The van der Waals surface area contributed by atoms with Crippen molar-refractivity contribution in [2.75, 3.05) is 0 Å². The van der Waals surface area contributed by atoms with Crippen LogP contribution in [0.2, 0.25) is 0 Å². The van der Waals surface area contributed by atoms with Gasteiger partial charge in [-0.05, 0) is 36.7 Å². The minimum atomic E-state index is -0.244. The number of benzene rings is 1. The molecule has 4 heteroatoms. The molecule has 4 rings (SSSR count). The van der Waals surface area contributed by atoms with Gasteiger partial charge < -0.3 is 10.1 Å². The van der Waals surface area contributed by atoms with Gasteiger partial charge in [-0.25, -0.2) is 0 Å². The molecular formula is C17H18N2O2. The molecule has 0 spiro atoms. The average molecular weight is 282 g/mol. The van der Waals surface area contributed by atoms with Crippen LogP contribution in [-0.4, -0.2) is 15.1 Å². The normalized spacial score (nSPS) is 27.1. The summed E-state index contributed by atoms with van der Waals surface area (Å²) < 4.78 is 0. The van der Waals surface area contributed by atoms with Gasteiger partial charge in [0.2, 0.25) is 5.88 Å². The van der Waals surface area contributed by atoms with E-state index in [1.54, 1.807) is 0 Å². The highest BCUT2D eigenvalue weighted by atomic mass is 16.3. The molecule has 21 heavy (non-hydrogen) atoms. The molecule has 2 saturated carbocycles. The zero-order chi connectivity index (χ0) is 14.4. The van der Waals surface area contributed by atoms with Gasteiger partial charge in [-0.3, -0.25) is 4.79 Å². The molecule has 3 atom stereocenters. The molecule has 0 radical (unpaired) electrons. The van der Waals surface area contributed by atoms with E-state index in [0.717, 1.165) is 12.3 Å². The van der Waals surface area contributed by atoms with Crippen molar-refractivity contribution in [3.63, 3.8) is 0 Å². The summed E-state index contributed by atoms with van der Waals surface area (Å²) in [5.74, 6) is 2.24. The van der Waals surface area contributed by atoms with Crippen molar-refractivity contribution in [3.05, 3.63) is 46.5 Å². The van der Waals surface area contributed by atoms with Gasteiger partial charge in [0.25, 0.3) is 5.56 Å². The lowest BCUT2D eigenvalue weighted by Gasteiger charge is -2.20. The first-order valence-corrected chi connectivity index (χ1v) is 7.61. The van der Waals surface area contributed by atoms with Crippen LogP contribution in [0.1, 0.15) is 37.4 Å². The summed E-state index contributed by atoms with van der Waals surface area (Å²) >= 11 is 0. The molecule has 1 heterocycles.